The van der Waals surface area contributed by atoms with Crippen LogP contribution < -0.4 is 0 Å². The van der Waals surface area contributed by atoms with Gasteiger partial charge in [0.2, 0.25) is 0 Å². The molecule has 2 heterocycles. The normalized spacial score (nSPS) is 10.9. The van der Waals surface area contributed by atoms with Gasteiger partial charge in [-0.05, 0) is 58.0 Å². The maximum Gasteiger partial charge on any atom is 0.335 e. The van der Waals surface area contributed by atoms with Crippen LogP contribution in [0.25, 0.3) is 17.1 Å². The molecule has 0 atom stereocenters. The first-order valence-corrected chi connectivity index (χ1v) is 9.50. The Balaban J connectivity index is 1.65. The van der Waals surface area contributed by atoms with Crippen LogP contribution >= 0.6 is 28.1 Å². The van der Waals surface area contributed by atoms with Gasteiger partial charge >= 0.3 is 5.97 Å². The van der Waals surface area contributed by atoms with Crippen molar-refractivity contribution in [1.82, 2.24) is 24.5 Å². The number of hydrogen-bond donors (Lipinski definition) is 2. The van der Waals surface area contributed by atoms with Crippen molar-refractivity contribution >= 4 is 34.1 Å². The van der Waals surface area contributed by atoms with Crippen molar-refractivity contribution < 1.29 is 9.90 Å². The number of nitrogens with one attached hydrogen (secondary N) is 1. The van der Waals surface area contributed by atoms with Crippen LogP contribution in [0.1, 0.15) is 15.9 Å². The van der Waals surface area contributed by atoms with Crippen LogP contribution in [0.2, 0.25) is 0 Å². The molecule has 9 heteroatoms. The molecule has 0 fully saturated rings. The molecule has 2 aromatic heterocycles. The number of benzene rings is 2. The van der Waals surface area contributed by atoms with E-state index < -0.39 is 5.97 Å². The number of carbonyl (C=O) groups is 1. The number of halogens is 1. The van der Waals surface area contributed by atoms with E-state index in [-0.39, 0.29) is 5.56 Å². The summed E-state index contributed by atoms with van der Waals surface area (Å²) in [7, 11) is 0. The van der Waals surface area contributed by atoms with Crippen LogP contribution in [-0.2, 0) is 6.54 Å². The average Bonchev–Trinajstić information content (AvgIpc) is 3.28. The molecule has 0 aliphatic heterocycles. The summed E-state index contributed by atoms with van der Waals surface area (Å²) in [5.74, 6) is -0.316. The number of nitrogens with zero attached hydrogens (tertiary/aromatic N) is 4. The molecule has 0 aliphatic rings. The maximum absolute atomic E-state index is 11.1. The molecule has 140 valence electrons. The lowest BCUT2D eigenvalue weighted by Gasteiger charge is -2.08. The summed E-state index contributed by atoms with van der Waals surface area (Å²) in [6.45, 7) is 0.662. The molecule has 2 aromatic carbocycles. The predicted octanol–water partition coefficient (Wildman–Crippen LogP) is 4.30. The van der Waals surface area contributed by atoms with Crippen LogP contribution in [0.5, 0.6) is 0 Å². The van der Waals surface area contributed by atoms with Gasteiger partial charge in [-0.25, -0.2) is 4.79 Å². The monoisotopic (exact) mass is 455 g/mol. The molecule has 0 amide bonds. The number of aromatic nitrogens is 5. The molecule has 28 heavy (non-hydrogen) atoms. The summed E-state index contributed by atoms with van der Waals surface area (Å²) in [4.78, 5) is 11.1. The lowest BCUT2D eigenvalue weighted by molar-refractivity contribution is 0.0697. The Morgan fingerprint density at radius 1 is 1.14 bits per heavy atom. The number of carboxylic acid groups (broad SMARTS) is 1. The number of aromatic carboxylic acids is 1. The van der Waals surface area contributed by atoms with E-state index in [9.17, 15) is 4.79 Å². The number of aromatic amines is 1. The van der Waals surface area contributed by atoms with Crippen molar-refractivity contribution in [2.45, 2.75) is 6.54 Å². The Morgan fingerprint density at radius 3 is 2.46 bits per heavy atom. The Bertz CT molecular complexity index is 1190. The maximum atomic E-state index is 11.1. The van der Waals surface area contributed by atoms with Gasteiger partial charge in [-0.1, -0.05) is 24.3 Å². The van der Waals surface area contributed by atoms with Crippen molar-refractivity contribution in [2.24, 2.45) is 0 Å². The van der Waals surface area contributed by atoms with Gasteiger partial charge in [0.05, 0.1) is 28.5 Å². The third-order valence-corrected chi connectivity index (χ3v) is 4.89. The van der Waals surface area contributed by atoms with Crippen molar-refractivity contribution in [3.05, 3.63) is 81.3 Å². The topological polar surface area (TPSA) is 88.7 Å². The predicted molar refractivity (Wildman–Crippen MR) is 110 cm³/mol. The van der Waals surface area contributed by atoms with Crippen molar-refractivity contribution in [1.29, 1.82) is 0 Å². The first-order chi connectivity index (χ1) is 13.5. The zero-order chi connectivity index (χ0) is 19.7. The van der Waals surface area contributed by atoms with Gasteiger partial charge in [0, 0.05) is 11.8 Å². The van der Waals surface area contributed by atoms with Crippen molar-refractivity contribution in [3.8, 4) is 17.1 Å². The highest BCUT2D eigenvalue weighted by Crippen LogP contribution is 2.23. The summed E-state index contributed by atoms with van der Waals surface area (Å²) in [6, 6.07) is 14.5. The molecule has 4 aromatic rings. The van der Waals surface area contributed by atoms with Gasteiger partial charge in [-0.15, -0.1) is 0 Å². The number of rotatable bonds is 5. The molecule has 0 unspecified atom stereocenters. The van der Waals surface area contributed by atoms with E-state index in [0.29, 0.717) is 17.1 Å². The number of hydrogen-bond acceptors (Lipinski definition) is 4. The molecular formula is C19H14BrN5O2S. The zero-order valence-electron chi connectivity index (χ0n) is 14.4. The van der Waals surface area contributed by atoms with E-state index in [4.69, 9.17) is 17.3 Å². The smallest absolute Gasteiger partial charge is 0.335 e. The Hall–Kier alpha value is -3.04. The minimum atomic E-state index is -0.970. The molecule has 0 spiro atoms. The molecule has 0 saturated carbocycles. The second kappa shape index (κ2) is 7.53. The highest BCUT2D eigenvalue weighted by Gasteiger charge is 2.12. The van der Waals surface area contributed by atoms with Gasteiger partial charge in [0.1, 0.15) is 0 Å². The third kappa shape index (κ3) is 3.67. The van der Waals surface area contributed by atoms with Crippen LogP contribution in [-0.4, -0.2) is 35.6 Å². The Kier molecular flexibility index (Phi) is 4.93. The molecular weight excluding hydrogens is 442 g/mol. The fraction of sp³-hybridized carbons (Fsp3) is 0.0526. The Labute approximate surface area is 173 Å². The molecule has 2 N–H and O–H groups in total. The highest BCUT2D eigenvalue weighted by molar-refractivity contribution is 9.10. The largest absolute Gasteiger partial charge is 0.478 e. The second-order valence-corrected chi connectivity index (χ2v) is 7.40. The zero-order valence-corrected chi connectivity index (χ0v) is 16.8. The Morgan fingerprint density at radius 2 is 1.86 bits per heavy atom. The number of carboxylic acids is 1. The summed E-state index contributed by atoms with van der Waals surface area (Å²) >= 11 is 8.76. The fourth-order valence-electron chi connectivity index (χ4n) is 2.85. The second-order valence-electron chi connectivity index (χ2n) is 6.09. The van der Waals surface area contributed by atoms with E-state index in [1.807, 2.05) is 35.1 Å². The summed E-state index contributed by atoms with van der Waals surface area (Å²) < 4.78 is 5.00. The standard InChI is InChI=1S/C19H14BrN5O2S/c20-15-9-21-24(11-15)10-12-1-3-13(4-2-12)17-22-23-19(28)25(17)16-7-5-14(6-8-16)18(26)27/h1-9,11H,10H2,(H,23,28)(H,26,27). The summed E-state index contributed by atoms with van der Waals surface area (Å²) in [5.41, 5.74) is 2.95. The van der Waals surface area contributed by atoms with Gasteiger partial charge in [-0.2, -0.15) is 10.2 Å². The van der Waals surface area contributed by atoms with Crippen molar-refractivity contribution in [2.75, 3.05) is 0 Å². The molecule has 0 aliphatic carbocycles. The fourth-order valence-corrected chi connectivity index (χ4v) is 3.42. The van der Waals surface area contributed by atoms with Gasteiger partial charge in [-0.3, -0.25) is 14.3 Å². The van der Waals surface area contributed by atoms with Crippen LogP contribution in [0, 0.1) is 4.77 Å². The molecule has 0 bridgehead atoms. The first-order valence-electron chi connectivity index (χ1n) is 8.30. The van der Waals surface area contributed by atoms with E-state index in [1.165, 1.54) is 0 Å². The van der Waals surface area contributed by atoms with Gasteiger partial charge in [0.25, 0.3) is 0 Å². The van der Waals surface area contributed by atoms with E-state index >= 15 is 0 Å². The molecule has 4 rings (SSSR count). The molecule has 0 radical (unpaired) electrons. The lowest BCUT2D eigenvalue weighted by Crippen LogP contribution is -2.01. The first kappa shape index (κ1) is 18.3. The highest BCUT2D eigenvalue weighted by atomic mass is 79.9. The van der Waals surface area contributed by atoms with Crippen LogP contribution in [0.3, 0.4) is 0 Å². The van der Waals surface area contributed by atoms with E-state index in [0.717, 1.165) is 21.3 Å². The van der Waals surface area contributed by atoms with Gasteiger partial charge in [0.15, 0.2) is 10.6 Å². The van der Waals surface area contributed by atoms with Crippen LogP contribution in [0.4, 0.5) is 0 Å². The lowest BCUT2D eigenvalue weighted by atomic mass is 10.1. The van der Waals surface area contributed by atoms with E-state index in [1.54, 1.807) is 35.0 Å². The number of H-pyrrole nitrogens is 1. The summed E-state index contributed by atoms with van der Waals surface area (Å²) in [5, 5.41) is 20.5. The molecule has 0 saturated heterocycles. The molecule has 7 nitrogen and oxygen atoms in total. The minimum Gasteiger partial charge on any atom is -0.478 e. The SMILES string of the molecule is O=C(O)c1ccc(-n2c(-c3ccc(Cn4cc(Br)cn4)cc3)n[nH]c2=S)cc1. The van der Waals surface area contributed by atoms with Crippen LogP contribution in [0.15, 0.2) is 65.4 Å². The minimum absolute atomic E-state index is 0.218. The summed E-state index contributed by atoms with van der Waals surface area (Å²) in [6.07, 6.45) is 3.67. The average molecular weight is 456 g/mol. The van der Waals surface area contributed by atoms with Crippen molar-refractivity contribution in [3.63, 3.8) is 0 Å². The van der Waals surface area contributed by atoms with Gasteiger partial charge < -0.3 is 5.11 Å². The van der Waals surface area contributed by atoms with E-state index in [2.05, 4.69) is 31.2 Å². The third-order valence-electron chi connectivity index (χ3n) is 4.20. The quantitative estimate of drug-likeness (QED) is 0.437.